The van der Waals surface area contributed by atoms with Gasteiger partial charge in [-0.1, -0.05) is 51.8 Å². The molecule has 278 valence electrons. The molecule has 3 atom stereocenters. The van der Waals surface area contributed by atoms with E-state index < -0.39 is 24.1 Å². The topological polar surface area (TPSA) is 164 Å². The molecule has 3 N–H and O–H groups in total. The SMILES string of the molecule is CCCCOC(=O)NC1CCN(C(=O)[C@@H](NC(=O)c2cc(OCC(=O)N3CCC[C@H]3C(=O)NC3CCC3)n(-c3ccccc3)n2)[C@@H](C)CC)CC1. The van der Waals surface area contributed by atoms with Crippen LogP contribution in [0.3, 0.4) is 0 Å². The standard InChI is InChI=1S/C37H53N7O7/c1-4-6-22-50-37(49)39-27-17-20-42(21-18-27)36(48)33(25(3)5-2)40-34(46)29-23-32(44(41-29)28-14-8-7-9-15-28)51-24-31(45)43-19-11-16-30(43)35(47)38-26-12-10-13-26/h7-9,14-15,23,25-27,30,33H,4-6,10-13,16-22,24H2,1-3H3,(H,38,47)(H,39,49)(H,40,46)/t25-,30-,33-/m0/s1. The number of aromatic nitrogens is 2. The molecule has 0 radical (unpaired) electrons. The van der Waals surface area contributed by atoms with Crippen LogP contribution in [0.25, 0.3) is 5.69 Å². The average molecular weight is 708 g/mol. The van der Waals surface area contributed by atoms with Gasteiger partial charge in [-0.2, -0.15) is 5.10 Å². The number of alkyl carbamates (subject to hydrolysis) is 1. The molecule has 5 rings (SSSR count). The van der Waals surface area contributed by atoms with Crippen LogP contribution in [0.2, 0.25) is 0 Å². The van der Waals surface area contributed by atoms with Crippen molar-refractivity contribution in [3.8, 4) is 11.6 Å². The molecule has 14 nitrogen and oxygen atoms in total. The summed E-state index contributed by atoms with van der Waals surface area (Å²) < 4.78 is 12.7. The van der Waals surface area contributed by atoms with E-state index in [9.17, 15) is 24.0 Å². The first-order chi connectivity index (χ1) is 24.7. The normalized spacial score (nSPS) is 19.1. The van der Waals surface area contributed by atoms with E-state index in [1.807, 2.05) is 39.0 Å². The van der Waals surface area contributed by atoms with Crippen molar-refractivity contribution < 1.29 is 33.4 Å². The van der Waals surface area contributed by atoms with Crippen LogP contribution in [-0.4, -0.2) is 106 Å². The summed E-state index contributed by atoms with van der Waals surface area (Å²) in [6, 6.07) is 9.37. The van der Waals surface area contributed by atoms with Gasteiger partial charge < -0.3 is 35.2 Å². The Hall–Kier alpha value is -4.62. The summed E-state index contributed by atoms with van der Waals surface area (Å²) in [5, 5.41) is 13.4. The summed E-state index contributed by atoms with van der Waals surface area (Å²) in [7, 11) is 0. The molecule has 3 heterocycles. The zero-order chi connectivity index (χ0) is 36.3. The molecule has 51 heavy (non-hydrogen) atoms. The zero-order valence-electron chi connectivity index (χ0n) is 30.1. The maximum Gasteiger partial charge on any atom is 0.407 e. The van der Waals surface area contributed by atoms with Gasteiger partial charge >= 0.3 is 6.09 Å². The van der Waals surface area contributed by atoms with Crippen LogP contribution in [0.4, 0.5) is 4.79 Å². The number of unbranched alkanes of at least 4 members (excludes halogenated alkanes) is 1. The quantitative estimate of drug-likeness (QED) is 0.237. The summed E-state index contributed by atoms with van der Waals surface area (Å²) in [4.78, 5) is 69.2. The highest BCUT2D eigenvalue weighted by molar-refractivity contribution is 5.96. The van der Waals surface area contributed by atoms with Gasteiger partial charge in [0.15, 0.2) is 12.3 Å². The fourth-order valence-electron chi connectivity index (χ4n) is 6.59. The number of hydrogen-bond acceptors (Lipinski definition) is 8. The van der Waals surface area contributed by atoms with E-state index in [4.69, 9.17) is 9.47 Å². The molecule has 3 fully saturated rings. The van der Waals surface area contributed by atoms with Gasteiger partial charge in [0.2, 0.25) is 17.7 Å². The number of nitrogens with one attached hydrogen (secondary N) is 3. The number of carbonyl (C=O) groups excluding carboxylic acids is 5. The van der Waals surface area contributed by atoms with Gasteiger partial charge in [0.25, 0.3) is 11.8 Å². The predicted molar refractivity (Wildman–Crippen MR) is 189 cm³/mol. The second-order valence-corrected chi connectivity index (χ2v) is 13.9. The summed E-state index contributed by atoms with van der Waals surface area (Å²) in [5.74, 6) is -1.14. The highest BCUT2D eigenvalue weighted by Crippen LogP contribution is 2.24. The number of ether oxygens (including phenoxy) is 2. The second kappa shape index (κ2) is 18.0. The molecular weight excluding hydrogens is 654 g/mol. The zero-order valence-corrected chi connectivity index (χ0v) is 30.1. The van der Waals surface area contributed by atoms with Crippen molar-refractivity contribution in [3.05, 3.63) is 42.1 Å². The highest BCUT2D eigenvalue weighted by atomic mass is 16.5. The van der Waals surface area contributed by atoms with E-state index in [1.165, 1.54) is 10.7 Å². The van der Waals surface area contributed by atoms with Crippen LogP contribution in [0.5, 0.6) is 5.88 Å². The number of carbonyl (C=O) groups is 5. The molecular formula is C37H53N7O7. The lowest BCUT2D eigenvalue weighted by Gasteiger charge is -2.35. The van der Waals surface area contributed by atoms with E-state index in [-0.39, 0.29) is 53.9 Å². The molecule has 3 aliphatic rings. The number of para-hydroxylation sites is 1. The molecule has 1 aromatic carbocycles. The molecule has 1 aromatic heterocycles. The fraction of sp³-hybridized carbons (Fsp3) is 0.622. The van der Waals surface area contributed by atoms with Gasteiger partial charge in [-0.3, -0.25) is 19.2 Å². The van der Waals surface area contributed by atoms with Crippen LogP contribution < -0.4 is 20.7 Å². The Bertz CT molecular complexity index is 1500. The van der Waals surface area contributed by atoms with E-state index >= 15 is 0 Å². The summed E-state index contributed by atoms with van der Waals surface area (Å²) in [5.41, 5.74) is 0.657. The van der Waals surface area contributed by atoms with Crippen LogP contribution >= 0.6 is 0 Å². The molecule has 2 aromatic rings. The first-order valence-corrected chi connectivity index (χ1v) is 18.6. The lowest BCUT2D eigenvalue weighted by Crippen LogP contribution is -2.55. The van der Waals surface area contributed by atoms with Crippen LogP contribution in [0, 0.1) is 5.92 Å². The van der Waals surface area contributed by atoms with Crippen molar-refractivity contribution in [2.75, 3.05) is 32.8 Å². The Morgan fingerprint density at radius 2 is 1.65 bits per heavy atom. The van der Waals surface area contributed by atoms with Crippen molar-refractivity contribution >= 4 is 29.7 Å². The monoisotopic (exact) mass is 707 g/mol. The number of rotatable bonds is 15. The van der Waals surface area contributed by atoms with Crippen LogP contribution in [0.15, 0.2) is 36.4 Å². The van der Waals surface area contributed by atoms with Crippen molar-refractivity contribution in [1.29, 1.82) is 0 Å². The third kappa shape index (κ3) is 9.79. The lowest BCUT2D eigenvalue weighted by molar-refractivity contribution is -0.140. The summed E-state index contributed by atoms with van der Waals surface area (Å²) in [6.07, 6.45) is 7.52. The first kappa shape index (κ1) is 37.6. The highest BCUT2D eigenvalue weighted by Gasteiger charge is 2.37. The van der Waals surface area contributed by atoms with Gasteiger partial charge in [0, 0.05) is 37.8 Å². The number of hydrogen-bond donors (Lipinski definition) is 3. The molecule has 1 saturated carbocycles. The number of benzene rings is 1. The maximum absolute atomic E-state index is 13.8. The Kier molecular flexibility index (Phi) is 13.3. The van der Waals surface area contributed by atoms with Gasteiger partial charge in [0.1, 0.15) is 12.1 Å². The van der Waals surface area contributed by atoms with Gasteiger partial charge in [-0.15, -0.1) is 0 Å². The second-order valence-electron chi connectivity index (χ2n) is 13.9. The van der Waals surface area contributed by atoms with Gasteiger partial charge in [0.05, 0.1) is 12.3 Å². The fourth-order valence-corrected chi connectivity index (χ4v) is 6.59. The van der Waals surface area contributed by atoms with Crippen LogP contribution in [-0.2, 0) is 19.1 Å². The van der Waals surface area contributed by atoms with Crippen molar-refractivity contribution in [2.45, 2.75) is 109 Å². The van der Waals surface area contributed by atoms with Gasteiger partial charge in [-0.05, 0) is 69.4 Å². The molecule has 14 heteroatoms. The van der Waals surface area contributed by atoms with Gasteiger partial charge in [-0.25, -0.2) is 9.48 Å². The molecule has 1 aliphatic carbocycles. The van der Waals surface area contributed by atoms with Crippen molar-refractivity contribution in [3.63, 3.8) is 0 Å². The largest absolute Gasteiger partial charge is 0.467 e. The third-order valence-corrected chi connectivity index (χ3v) is 10.2. The Morgan fingerprint density at radius 3 is 2.31 bits per heavy atom. The number of piperidine rings is 1. The maximum atomic E-state index is 13.8. The van der Waals surface area contributed by atoms with Crippen molar-refractivity contribution in [2.24, 2.45) is 5.92 Å². The Balaban J connectivity index is 1.23. The summed E-state index contributed by atoms with van der Waals surface area (Å²) >= 11 is 0. The number of nitrogens with zero attached hydrogens (tertiary/aromatic N) is 4. The lowest BCUT2D eigenvalue weighted by atomic mass is 9.93. The minimum absolute atomic E-state index is 0.0332. The molecule has 5 amide bonds. The minimum Gasteiger partial charge on any atom is -0.467 e. The van der Waals surface area contributed by atoms with E-state index in [2.05, 4.69) is 21.0 Å². The van der Waals surface area contributed by atoms with Crippen LogP contribution in [0.1, 0.15) is 95.5 Å². The third-order valence-electron chi connectivity index (χ3n) is 10.2. The number of likely N-dealkylation sites (tertiary alicyclic amines) is 2. The molecule has 0 unspecified atom stereocenters. The molecule has 2 saturated heterocycles. The average Bonchev–Trinajstić information content (AvgIpc) is 3.80. The molecule has 2 aliphatic heterocycles. The van der Waals surface area contributed by atoms with E-state index in [0.717, 1.165) is 38.5 Å². The molecule has 0 bridgehead atoms. The van der Waals surface area contributed by atoms with Crippen molar-refractivity contribution in [1.82, 2.24) is 35.5 Å². The predicted octanol–water partition coefficient (Wildman–Crippen LogP) is 3.57. The smallest absolute Gasteiger partial charge is 0.407 e. The molecule has 0 spiro atoms. The summed E-state index contributed by atoms with van der Waals surface area (Å²) in [6.45, 7) is 7.32. The van der Waals surface area contributed by atoms with E-state index in [1.54, 1.807) is 21.9 Å². The Morgan fingerprint density at radius 1 is 0.922 bits per heavy atom. The number of amides is 5. The minimum atomic E-state index is -0.794. The Labute approximate surface area is 300 Å². The first-order valence-electron chi connectivity index (χ1n) is 18.6. The van der Waals surface area contributed by atoms with E-state index in [0.29, 0.717) is 57.6 Å².